The number of aliphatic hydroxyl groups is 1. The van der Waals surface area contributed by atoms with Gasteiger partial charge in [-0.1, -0.05) is 0 Å². The average Bonchev–Trinajstić information content (AvgIpc) is 2.57. The number of aliphatic hydroxyl groups excluding tert-OH is 1. The Kier molecular flexibility index (Phi) is 3.91. The lowest BCUT2D eigenvalue weighted by atomic mass is 10.1. The van der Waals surface area contributed by atoms with Crippen molar-refractivity contribution in [2.75, 3.05) is 31.2 Å². The molecular formula is C12H15F2NO2. The van der Waals surface area contributed by atoms with Crippen molar-refractivity contribution < 1.29 is 18.6 Å². The second-order valence-corrected chi connectivity index (χ2v) is 4.02. The van der Waals surface area contributed by atoms with Gasteiger partial charge in [0.25, 0.3) is 0 Å². The molecule has 0 radical (unpaired) electrons. The zero-order valence-electron chi connectivity index (χ0n) is 9.46. The minimum absolute atomic E-state index is 0.0206. The molecular weight excluding hydrogens is 228 g/mol. The minimum atomic E-state index is -0.629. The van der Waals surface area contributed by atoms with Gasteiger partial charge in [0.2, 0.25) is 0 Å². The summed E-state index contributed by atoms with van der Waals surface area (Å²) in [6, 6.07) is 2.34. The number of halogens is 2. The van der Waals surface area contributed by atoms with E-state index in [-0.39, 0.29) is 17.9 Å². The molecule has 0 saturated carbocycles. The molecule has 0 unspecified atom stereocenters. The number of ether oxygens (including phenoxy) is 1. The zero-order chi connectivity index (χ0) is 12.3. The van der Waals surface area contributed by atoms with Gasteiger partial charge < -0.3 is 14.7 Å². The minimum Gasteiger partial charge on any atom is -0.392 e. The third kappa shape index (κ3) is 2.73. The van der Waals surface area contributed by atoms with Gasteiger partial charge in [0.05, 0.1) is 13.2 Å². The van der Waals surface area contributed by atoms with Crippen LogP contribution < -0.4 is 4.90 Å². The second-order valence-electron chi connectivity index (χ2n) is 4.02. The Morgan fingerprint density at radius 3 is 2.53 bits per heavy atom. The Morgan fingerprint density at radius 1 is 1.18 bits per heavy atom. The van der Waals surface area contributed by atoms with Gasteiger partial charge in [0.1, 0.15) is 17.3 Å². The maximum atomic E-state index is 13.8. The van der Waals surface area contributed by atoms with Crippen molar-refractivity contribution in [3.63, 3.8) is 0 Å². The first-order valence-electron chi connectivity index (χ1n) is 5.64. The van der Waals surface area contributed by atoms with E-state index in [1.54, 1.807) is 4.90 Å². The Balaban J connectivity index is 2.30. The molecule has 94 valence electrons. The predicted molar refractivity (Wildman–Crippen MR) is 59.9 cm³/mol. The van der Waals surface area contributed by atoms with E-state index in [9.17, 15) is 8.78 Å². The summed E-state index contributed by atoms with van der Waals surface area (Å²) in [6.45, 7) is 1.78. The smallest absolute Gasteiger partial charge is 0.149 e. The van der Waals surface area contributed by atoms with Gasteiger partial charge in [-0.2, -0.15) is 0 Å². The molecule has 1 N–H and O–H groups in total. The van der Waals surface area contributed by atoms with Crippen LogP contribution in [0, 0.1) is 11.6 Å². The lowest BCUT2D eigenvalue weighted by molar-refractivity contribution is 0.152. The van der Waals surface area contributed by atoms with Crippen molar-refractivity contribution in [2.24, 2.45) is 0 Å². The monoisotopic (exact) mass is 243 g/mol. The van der Waals surface area contributed by atoms with E-state index in [0.29, 0.717) is 26.3 Å². The van der Waals surface area contributed by atoms with E-state index in [1.165, 1.54) is 12.1 Å². The molecule has 1 saturated heterocycles. The van der Waals surface area contributed by atoms with Crippen molar-refractivity contribution in [3.8, 4) is 0 Å². The molecule has 0 amide bonds. The number of hydrogen-bond acceptors (Lipinski definition) is 3. The normalized spacial score (nSPS) is 17.0. The van der Waals surface area contributed by atoms with Crippen molar-refractivity contribution >= 4 is 5.69 Å². The number of nitrogens with zero attached hydrogens (tertiary/aromatic N) is 1. The summed E-state index contributed by atoms with van der Waals surface area (Å²) in [7, 11) is 0. The van der Waals surface area contributed by atoms with E-state index in [4.69, 9.17) is 9.84 Å². The van der Waals surface area contributed by atoms with Crippen molar-refractivity contribution in [2.45, 2.75) is 13.0 Å². The molecule has 0 bridgehead atoms. The topological polar surface area (TPSA) is 32.7 Å². The van der Waals surface area contributed by atoms with Crippen LogP contribution in [-0.2, 0) is 11.3 Å². The quantitative estimate of drug-likeness (QED) is 0.858. The van der Waals surface area contributed by atoms with Crippen LogP contribution in [0.1, 0.15) is 12.0 Å². The SMILES string of the molecule is OCc1cc(F)c(N2CCCOCC2)c(F)c1. The summed E-state index contributed by atoms with van der Waals surface area (Å²) in [4.78, 5) is 1.65. The van der Waals surface area contributed by atoms with Crippen LogP contribution >= 0.6 is 0 Å². The van der Waals surface area contributed by atoms with E-state index in [1.807, 2.05) is 0 Å². The molecule has 1 fully saturated rings. The first kappa shape index (κ1) is 12.3. The second kappa shape index (κ2) is 5.42. The van der Waals surface area contributed by atoms with Crippen LogP contribution in [-0.4, -0.2) is 31.4 Å². The highest BCUT2D eigenvalue weighted by Gasteiger charge is 2.19. The predicted octanol–water partition coefficient (Wildman–Crippen LogP) is 1.68. The third-order valence-electron chi connectivity index (χ3n) is 2.80. The molecule has 1 heterocycles. The zero-order valence-corrected chi connectivity index (χ0v) is 9.46. The lowest BCUT2D eigenvalue weighted by Gasteiger charge is -2.23. The summed E-state index contributed by atoms with van der Waals surface area (Å²) in [5.41, 5.74) is 0.225. The fourth-order valence-corrected chi connectivity index (χ4v) is 1.98. The largest absolute Gasteiger partial charge is 0.392 e. The average molecular weight is 243 g/mol. The van der Waals surface area contributed by atoms with Crippen LogP contribution in [0.5, 0.6) is 0 Å². The number of anilines is 1. The van der Waals surface area contributed by atoms with E-state index in [0.717, 1.165) is 6.42 Å². The molecule has 1 aromatic carbocycles. The maximum Gasteiger partial charge on any atom is 0.149 e. The third-order valence-corrected chi connectivity index (χ3v) is 2.80. The number of benzene rings is 1. The molecule has 0 aromatic heterocycles. The maximum absolute atomic E-state index is 13.8. The fourth-order valence-electron chi connectivity index (χ4n) is 1.98. The summed E-state index contributed by atoms with van der Waals surface area (Å²) in [5, 5.41) is 8.87. The van der Waals surface area contributed by atoms with Gasteiger partial charge >= 0.3 is 0 Å². The number of rotatable bonds is 2. The van der Waals surface area contributed by atoms with Crippen molar-refractivity contribution in [1.29, 1.82) is 0 Å². The van der Waals surface area contributed by atoms with Gasteiger partial charge in [0.15, 0.2) is 0 Å². The van der Waals surface area contributed by atoms with Crippen LogP contribution in [0.4, 0.5) is 14.5 Å². The molecule has 17 heavy (non-hydrogen) atoms. The summed E-state index contributed by atoms with van der Waals surface area (Å²) >= 11 is 0. The molecule has 0 aliphatic carbocycles. The first-order valence-corrected chi connectivity index (χ1v) is 5.64. The van der Waals surface area contributed by atoms with Gasteiger partial charge in [-0.3, -0.25) is 0 Å². The summed E-state index contributed by atoms with van der Waals surface area (Å²) < 4.78 is 32.8. The van der Waals surface area contributed by atoms with Crippen LogP contribution in [0.3, 0.4) is 0 Å². The van der Waals surface area contributed by atoms with E-state index in [2.05, 4.69) is 0 Å². The molecule has 3 nitrogen and oxygen atoms in total. The summed E-state index contributed by atoms with van der Waals surface area (Å²) in [5.74, 6) is -1.26. The highest BCUT2D eigenvalue weighted by molar-refractivity contribution is 5.50. The fraction of sp³-hybridized carbons (Fsp3) is 0.500. The Hall–Kier alpha value is -1.20. The first-order chi connectivity index (χ1) is 8.22. The molecule has 2 rings (SSSR count). The molecule has 1 aromatic rings. The standard InChI is InChI=1S/C12H15F2NO2/c13-10-6-9(8-16)7-11(14)12(10)15-2-1-4-17-5-3-15/h6-7,16H,1-5,8H2. The molecule has 1 aliphatic heterocycles. The van der Waals surface area contributed by atoms with Crippen LogP contribution in [0.15, 0.2) is 12.1 Å². The lowest BCUT2D eigenvalue weighted by Crippen LogP contribution is -2.28. The van der Waals surface area contributed by atoms with Gasteiger partial charge in [0, 0.05) is 19.7 Å². The Bertz CT molecular complexity index is 367. The number of hydrogen-bond donors (Lipinski definition) is 1. The molecule has 1 aliphatic rings. The highest BCUT2D eigenvalue weighted by atomic mass is 19.1. The van der Waals surface area contributed by atoms with Crippen LogP contribution in [0.2, 0.25) is 0 Å². The van der Waals surface area contributed by atoms with E-state index >= 15 is 0 Å². The molecule has 5 heteroatoms. The van der Waals surface area contributed by atoms with E-state index < -0.39 is 11.6 Å². The molecule has 0 spiro atoms. The van der Waals surface area contributed by atoms with Gasteiger partial charge in [-0.25, -0.2) is 8.78 Å². The Labute approximate surface area is 98.6 Å². The molecule has 0 atom stereocenters. The van der Waals surface area contributed by atoms with Gasteiger partial charge in [-0.15, -0.1) is 0 Å². The van der Waals surface area contributed by atoms with Crippen molar-refractivity contribution in [1.82, 2.24) is 0 Å². The highest BCUT2D eigenvalue weighted by Crippen LogP contribution is 2.25. The Morgan fingerprint density at radius 2 is 1.88 bits per heavy atom. The van der Waals surface area contributed by atoms with Crippen LogP contribution in [0.25, 0.3) is 0 Å². The van der Waals surface area contributed by atoms with Crippen molar-refractivity contribution in [3.05, 3.63) is 29.3 Å². The summed E-state index contributed by atoms with van der Waals surface area (Å²) in [6.07, 6.45) is 0.751. The van der Waals surface area contributed by atoms with Gasteiger partial charge in [-0.05, 0) is 24.1 Å².